The van der Waals surface area contributed by atoms with Crippen LogP contribution in [0.4, 0.5) is 0 Å². The summed E-state index contributed by atoms with van der Waals surface area (Å²) in [4.78, 5) is 2.00. The molecule has 0 spiro atoms. The highest BCUT2D eigenvalue weighted by Gasteiger charge is 2.17. The Bertz CT molecular complexity index is 507. The molecule has 1 aromatic rings. The summed E-state index contributed by atoms with van der Waals surface area (Å²) in [6.07, 6.45) is 0.727. The third-order valence-corrected chi connectivity index (χ3v) is 4.43. The quantitative estimate of drug-likeness (QED) is 0.805. The van der Waals surface area contributed by atoms with Crippen LogP contribution in [0.25, 0.3) is 0 Å². The summed E-state index contributed by atoms with van der Waals surface area (Å²) in [5.41, 5.74) is 0. The Morgan fingerprint density at radius 1 is 1.26 bits per heavy atom. The van der Waals surface area contributed by atoms with Crippen LogP contribution in [-0.2, 0) is 10.0 Å². The molecule has 0 saturated heterocycles. The van der Waals surface area contributed by atoms with Crippen LogP contribution in [-0.4, -0.2) is 40.5 Å². The van der Waals surface area contributed by atoms with E-state index in [4.69, 9.17) is 23.2 Å². The standard InChI is InChI=1S/C11H16Cl2N2O2S.ClH/c1-15(2)7-3-6-14-18(16,17)11-8-9(12)4-5-10(11)13;/h4-5,8,14H,3,6-7H2,1-2H3;1H. The molecule has 0 fully saturated rings. The van der Waals surface area contributed by atoms with E-state index in [1.807, 2.05) is 19.0 Å². The first-order valence-corrected chi connectivity index (χ1v) is 7.66. The van der Waals surface area contributed by atoms with Crippen molar-refractivity contribution in [1.82, 2.24) is 9.62 Å². The molecule has 8 heteroatoms. The molecule has 110 valence electrons. The van der Waals surface area contributed by atoms with Gasteiger partial charge in [-0.25, -0.2) is 13.1 Å². The number of hydrogen-bond acceptors (Lipinski definition) is 3. The zero-order chi connectivity index (χ0) is 13.8. The lowest BCUT2D eigenvalue weighted by molar-refractivity contribution is 0.400. The summed E-state index contributed by atoms with van der Waals surface area (Å²) < 4.78 is 26.5. The van der Waals surface area contributed by atoms with Crippen LogP contribution in [0.5, 0.6) is 0 Å². The Balaban J connectivity index is 0.00000324. The SMILES string of the molecule is CN(C)CCCNS(=O)(=O)c1cc(Cl)ccc1Cl.Cl. The van der Waals surface area contributed by atoms with E-state index in [1.165, 1.54) is 12.1 Å². The van der Waals surface area contributed by atoms with E-state index >= 15 is 0 Å². The molecule has 0 amide bonds. The lowest BCUT2D eigenvalue weighted by Gasteiger charge is -2.11. The largest absolute Gasteiger partial charge is 0.309 e. The van der Waals surface area contributed by atoms with Crippen molar-refractivity contribution >= 4 is 45.6 Å². The van der Waals surface area contributed by atoms with Crippen LogP contribution in [0.1, 0.15) is 6.42 Å². The molecule has 0 aromatic heterocycles. The summed E-state index contributed by atoms with van der Waals surface area (Å²) in [5, 5.41) is 0.507. The summed E-state index contributed by atoms with van der Waals surface area (Å²) in [5.74, 6) is 0. The molecule has 0 bridgehead atoms. The smallest absolute Gasteiger partial charge is 0.242 e. The molecule has 0 atom stereocenters. The lowest BCUT2D eigenvalue weighted by Crippen LogP contribution is -2.27. The van der Waals surface area contributed by atoms with Crippen molar-refractivity contribution in [2.75, 3.05) is 27.2 Å². The van der Waals surface area contributed by atoms with Gasteiger partial charge in [0.25, 0.3) is 0 Å². The van der Waals surface area contributed by atoms with Gasteiger partial charge in [-0.3, -0.25) is 0 Å². The molecule has 4 nitrogen and oxygen atoms in total. The molecule has 0 aliphatic carbocycles. The number of nitrogens with one attached hydrogen (secondary N) is 1. The fourth-order valence-corrected chi connectivity index (χ4v) is 3.20. The van der Waals surface area contributed by atoms with Gasteiger partial charge in [-0.15, -0.1) is 12.4 Å². The molecule has 1 rings (SSSR count). The predicted molar refractivity (Wildman–Crippen MR) is 82.1 cm³/mol. The van der Waals surface area contributed by atoms with E-state index in [0.717, 1.165) is 13.0 Å². The first-order valence-electron chi connectivity index (χ1n) is 5.42. The maximum absolute atomic E-state index is 12.0. The van der Waals surface area contributed by atoms with Crippen molar-refractivity contribution in [2.45, 2.75) is 11.3 Å². The molecule has 0 aliphatic heterocycles. The number of sulfonamides is 1. The second-order valence-electron chi connectivity index (χ2n) is 4.13. The van der Waals surface area contributed by atoms with Crippen molar-refractivity contribution in [3.63, 3.8) is 0 Å². The highest BCUT2D eigenvalue weighted by molar-refractivity contribution is 7.89. The minimum atomic E-state index is -3.60. The number of benzene rings is 1. The first-order chi connectivity index (χ1) is 8.33. The molecule has 0 aliphatic rings. The Morgan fingerprint density at radius 2 is 1.89 bits per heavy atom. The predicted octanol–water partition coefficient (Wildman–Crippen LogP) is 2.65. The zero-order valence-corrected chi connectivity index (χ0v) is 13.8. The van der Waals surface area contributed by atoms with Crippen molar-refractivity contribution < 1.29 is 8.42 Å². The monoisotopic (exact) mass is 346 g/mol. The Labute approximate surface area is 130 Å². The summed E-state index contributed by atoms with van der Waals surface area (Å²) in [6.45, 7) is 1.18. The fraction of sp³-hybridized carbons (Fsp3) is 0.455. The molecular formula is C11H17Cl3N2O2S. The van der Waals surface area contributed by atoms with Crippen LogP contribution in [0.3, 0.4) is 0 Å². The molecule has 0 radical (unpaired) electrons. The van der Waals surface area contributed by atoms with Gasteiger partial charge in [0, 0.05) is 11.6 Å². The first kappa shape index (κ1) is 19.0. The number of hydrogen-bond donors (Lipinski definition) is 1. The van der Waals surface area contributed by atoms with E-state index < -0.39 is 10.0 Å². The average Bonchev–Trinajstić information content (AvgIpc) is 2.27. The molecular weight excluding hydrogens is 331 g/mol. The van der Waals surface area contributed by atoms with E-state index in [0.29, 0.717) is 11.6 Å². The van der Waals surface area contributed by atoms with Crippen molar-refractivity contribution in [3.8, 4) is 0 Å². The van der Waals surface area contributed by atoms with Crippen LogP contribution in [0.15, 0.2) is 23.1 Å². The number of halogens is 3. The molecule has 0 heterocycles. The van der Waals surface area contributed by atoms with Gasteiger partial charge in [0.1, 0.15) is 4.90 Å². The normalized spacial score (nSPS) is 11.4. The van der Waals surface area contributed by atoms with Crippen molar-refractivity contribution in [1.29, 1.82) is 0 Å². The van der Waals surface area contributed by atoms with Gasteiger partial charge in [-0.2, -0.15) is 0 Å². The van der Waals surface area contributed by atoms with Crippen molar-refractivity contribution in [3.05, 3.63) is 28.2 Å². The van der Waals surface area contributed by atoms with Crippen LogP contribution in [0.2, 0.25) is 10.0 Å². The zero-order valence-electron chi connectivity index (χ0n) is 10.7. The number of nitrogens with zero attached hydrogens (tertiary/aromatic N) is 1. The third-order valence-electron chi connectivity index (χ3n) is 2.26. The van der Waals surface area contributed by atoms with Crippen LogP contribution in [0, 0.1) is 0 Å². The van der Waals surface area contributed by atoms with E-state index in [-0.39, 0.29) is 22.3 Å². The van der Waals surface area contributed by atoms with E-state index in [1.54, 1.807) is 6.07 Å². The Kier molecular flexibility index (Phi) is 8.27. The van der Waals surface area contributed by atoms with Gasteiger partial charge in [0.15, 0.2) is 0 Å². The summed E-state index contributed by atoms with van der Waals surface area (Å²) >= 11 is 11.6. The second-order valence-corrected chi connectivity index (χ2v) is 6.71. The van der Waals surface area contributed by atoms with E-state index in [2.05, 4.69) is 4.72 Å². The van der Waals surface area contributed by atoms with E-state index in [9.17, 15) is 8.42 Å². The average molecular weight is 348 g/mol. The molecule has 19 heavy (non-hydrogen) atoms. The summed E-state index contributed by atoms with van der Waals surface area (Å²) in [7, 11) is 0.269. The van der Waals surface area contributed by atoms with Crippen LogP contribution < -0.4 is 4.72 Å². The maximum Gasteiger partial charge on any atom is 0.242 e. The molecule has 1 aromatic carbocycles. The van der Waals surface area contributed by atoms with Gasteiger partial charge >= 0.3 is 0 Å². The molecule has 1 N–H and O–H groups in total. The number of rotatable bonds is 6. The second kappa shape index (κ2) is 8.29. The lowest BCUT2D eigenvalue weighted by atomic mass is 10.4. The molecule has 0 saturated carbocycles. The highest BCUT2D eigenvalue weighted by atomic mass is 35.5. The van der Waals surface area contributed by atoms with Crippen LogP contribution >= 0.6 is 35.6 Å². The third kappa shape index (κ3) is 6.29. The highest BCUT2D eigenvalue weighted by Crippen LogP contribution is 2.24. The molecule has 0 unspecified atom stereocenters. The topological polar surface area (TPSA) is 49.4 Å². The minimum Gasteiger partial charge on any atom is -0.309 e. The van der Waals surface area contributed by atoms with Gasteiger partial charge < -0.3 is 4.90 Å². The van der Waals surface area contributed by atoms with Gasteiger partial charge in [-0.1, -0.05) is 23.2 Å². The Morgan fingerprint density at radius 3 is 2.47 bits per heavy atom. The Hall–Kier alpha value is -0.0400. The fourth-order valence-electron chi connectivity index (χ4n) is 1.36. The summed E-state index contributed by atoms with van der Waals surface area (Å²) in [6, 6.07) is 4.37. The maximum atomic E-state index is 12.0. The van der Waals surface area contributed by atoms with Gasteiger partial charge in [0.05, 0.1) is 5.02 Å². The van der Waals surface area contributed by atoms with Crippen molar-refractivity contribution in [2.24, 2.45) is 0 Å². The van der Waals surface area contributed by atoms with Gasteiger partial charge in [0.2, 0.25) is 10.0 Å². The van der Waals surface area contributed by atoms with Gasteiger partial charge in [-0.05, 0) is 45.3 Å². The minimum absolute atomic E-state index is 0.